The zero-order valence-corrected chi connectivity index (χ0v) is 13.4. The average Bonchev–Trinajstić information content (AvgIpc) is 2.41. The molecule has 1 saturated heterocycles. The Balaban J connectivity index is 2.04. The van der Waals surface area contributed by atoms with Crippen LogP contribution in [0.5, 0.6) is 0 Å². The number of nitrogens with one attached hydrogen (secondary N) is 1. The summed E-state index contributed by atoms with van der Waals surface area (Å²) in [6.45, 7) is 4.64. The molecule has 1 aliphatic rings. The van der Waals surface area contributed by atoms with Crippen molar-refractivity contribution in [2.24, 2.45) is 0 Å². The van der Waals surface area contributed by atoms with E-state index in [9.17, 15) is 4.79 Å². The molecule has 1 fully saturated rings. The predicted octanol–water partition coefficient (Wildman–Crippen LogP) is 2.74. The summed E-state index contributed by atoms with van der Waals surface area (Å²) in [5.74, 6) is 3.57. The normalized spacial score (nSPS) is 19.7. The first-order chi connectivity index (χ1) is 9.09. The van der Waals surface area contributed by atoms with Gasteiger partial charge in [0.2, 0.25) is 0 Å². The fourth-order valence-electron chi connectivity index (χ4n) is 1.81. The third-order valence-corrected chi connectivity index (χ3v) is 6.05. The molecule has 1 aliphatic heterocycles. The van der Waals surface area contributed by atoms with Crippen LogP contribution in [0.2, 0.25) is 5.02 Å². The number of hydrogen-bond acceptors (Lipinski definition) is 5. The standard InChI is InChI=1S/C12H18ClN3OS2/c1-8(2)16-12(17)11(13)10(6-15-16)14-5-9-7-18-3-4-19-9/h6,8-9,14H,3-5,7H2,1-2H3. The van der Waals surface area contributed by atoms with Gasteiger partial charge in [0.15, 0.2) is 0 Å². The molecule has 0 aromatic carbocycles. The summed E-state index contributed by atoms with van der Waals surface area (Å²) >= 11 is 10.1. The van der Waals surface area contributed by atoms with E-state index >= 15 is 0 Å². The third-order valence-electron chi connectivity index (χ3n) is 2.84. The van der Waals surface area contributed by atoms with Gasteiger partial charge in [-0.3, -0.25) is 4.79 Å². The van der Waals surface area contributed by atoms with Gasteiger partial charge in [-0.2, -0.15) is 28.6 Å². The molecule has 2 rings (SSSR count). The zero-order chi connectivity index (χ0) is 13.8. The fraction of sp³-hybridized carbons (Fsp3) is 0.667. The Morgan fingerprint density at radius 2 is 2.37 bits per heavy atom. The first kappa shape index (κ1) is 15.1. The predicted molar refractivity (Wildman–Crippen MR) is 86.0 cm³/mol. The lowest BCUT2D eigenvalue weighted by molar-refractivity contribution is 0.503. The number of halogens is 1. The van der Waals surface area contributed by atoms with E-state index in [4.69, 9.17) is 11.6 Å². The van der Waals surface area contributed by atoms with Gasteiger partial charge in [-0.1, -0.05) is 11.6 Å². The molecule has 1 aromatic rings. The minimum Gasteiger partial charge on any atom is -0.381 e. The molecule has 1 atom stereocenters. The van der Waals surface area contributed by atoms with Crippen LogP contribution < -0.4 is 10.9 Å². The Bertz CT molecular complexity index is 486. The van der Waals surface area contributed by atoms with Crippen molar-refractivity contribution in [1.82, 2.24) is 9.78 Å². The van der Waals surface area contributed by atoms with Crippen LogP contribution >= 0.6 is 35.1 Å². The average molecular weight is 320 g/mol. The second-order valence-electron chi connectivity index (χ2n) is 4.66. The quantitative estimate of drug-likeness (QED) is 0.924. The van der Waals surface area contributed by atoms with E-state index in [2.05, 4.69) is 10.4 Å². The van der Waals surface area contributed by atoms with Gasteiger partial charge in [-0.05, 0) is 13.8 Å². The van der Waals surface area contributed by atoms with Gasteiger partial charge in [0, 0.05) is 29.1 Å². The maximum absolute atomic E-state index is 12.0. The fourth-order valence-corrected chi connectivity index (χ4v) is 4.63. The highest BCUT2D eigenvalue weighted by atomic mass is 35.5. The van der Waals surface area contributed by atoms with Crippen molar-refractivity contribution >= 4 is 40.8 Å². The zero-order valence-electron chi connectivity index (χ0n) is 11.1. The smallest absolute Gasteiger partial charge is 0.287 e. The van der Waals surface area contributed by atoms with Crippen LogP contribution in [0.4, 0.5) is 5.69 Å². The van der Waals surface area contributed by atoms with Gasteiger partial charge in [0.05, 0.1) is 17.9 Å². The van der Waals surface area contributed by atoms with E-state index in [1.54, 1.807) is 6.20 Å². The summed E-state index contributed by atoms with van der Waals surface area (Å²) in [7, 11) is 0. The highest BCUT2D eigenvalue weighted by molar-refractivity contribution is 8.06. The molecule has 0 bridgehead atoms. The van der Waals surface area contributed by atoms with Gasteiger partial charge in [-0.25, -0.2) is 4.68 Å². The van der Waals surface area contributed by atoms with Crippen LogP contribution in [-0.2, 0) is 0 Å². The summed E-state index contributed by atoms with van der Waals surface area (Å²) in [5, 5.41) is 8.20. The second-order valence-corrected chi connectivity index (χ2v) is 7.60. The number of rotatable bonds is 4. The summed E-state index contributed by atoms with van der Waals surface area (Å²) in [4.78, 5) is 12.0. The lowest BCUT2D eigenvalue weighted by Crippen LogP contribution is -2.28. The van der Waals surface area contributed by atoms with Crippen LogP contribution in [0.3, 0.4) is 0 Å². The molecule has 19 heavy (non-hydrogen) atoms. The summed E-state index contributed by atoms with van der Waals surface area (Å²) in [6.07, 6.45) is 1.64. The monoisotopic (exact) mass is 319 g/mol. The molecule has 7 heteroatoms. The van der Waals surface area contributed by atoms with Crippen molar-refractivity contribution in [3.8, 4) is 0 Å². The van der Waals surface area contributed by atoms with E-state index in [0.29, 0.717) is 10.9 Å². The number of thioether (sulfide) groups is 2. The van der Waals surface area contributed by atoms with Crippen LogP contribution in [-0.4, -0.2) is 38.8 Å². The van der Waals surface area contributed by atoms with Crippen molar-refractivity contribution < 1.29 is 0 Å². The molecular formula is C12H18ClN3OS2. The van der Waals surface area contributed by atoms with Crippen molar-refractivity contribution in [2.45, 2.75) is 25.1 Å². The van der Waals surface area contributed by atoms with Crippen molar-refractivity contribution in [3.05, 3.63) is 21.6 Å². The molecule has 106 valence electrons. The highest BCUT2D eigenvalue weighted by Gasteiger charge is 2.16. The van der Waals surface area contributed by atoms with Crippen LogP contribution in [0.15, 0.2) is 11.0 Å². The SMILES string of the molecule is CC(C)n1ncc(NCC2CSCCS2)c(Cl)c1=O. The van der Waals surface area contributed by atoms with Crippen LogP contribution in [0.25, 0.3) is 0 Å². The summed E-state index contributed by atoms with van der Waals surface area (Å²) in [6, 6.07) is 0.0179. The molecular weight excluding hydrogens is 302 g/mol. The number of hydrogen-bond donors (Lipinski definition) is 1. The minimum absolute atomic E-state index is 0.0179. The Labute approximate surface area is 126 Å². The van der Waals surface area contributed by atoms with Gasteiger partial charge in [-0.15, -0.1) is 0 Å². The third kappa shape index (κ3) is 3.83. The molecule has 2 heterocycles. The van der Waals surface area contributed by atoms with Crippen molar-refractivity contribution in [3.63, 3.8) is 0 Å². The molecule has 1 aromatic heterocycles. The first-order valence-electron chi connectivity index (χ1n) is 6.30. The Kier molecular flexibility index (Phi) is 5.47. The van der Waals surface area contributed by atoms with E-state index in [-0.39, 0.29) is 16.6 Å². The molecule has 1 unspecified atom stereocenters. The first-order valence-corrected chi connectivity index (χ1v) is 8.88. The maximum Gasteiger partial charge on any atom is 0.287 e. The maximum atomic E-state index is 12.0. The Hall–Kier alpha value is -0.330. The van der Waals surface area contributed by atoms with Gasteiger partial charge in [0.1, 0.15) is 5.02 Å². The lowest BCUT2D eigenvalue weighted by Gasteiger charge is -2.22. The topological polar surface area (TPSA) is 46.9 Å². The molecule has 4 nitrogen and oxygen atoms in total. The number of anilines is 1. The molecule has 1 N–H and O–H groups in total. The van der Waals surface area contributed by atoms with E-state index < -0.39 is 0 Å². The number of aromatic nitrogens is 2. The van der Waals surface area contributed by atoms with E-state index in [0.717, 1.165) is 12.3 Å². The van der Waals surface area contributed by atoms with Gasteiger partial charge >= 0.3 is 0 Å². The molecule has 0 amide bonds. The van der Waals surface area contributed by atoms with Crippen LogP contribution in [0, 0.1) is 0 Å². The van der Waals surface area contributed by atoms with E-state index in [1.807, 2.05) is 37.4 Å². The highest BCUT2D eigenvalue weighted by Crippen LogP contribution is 2.25. The summed E-state index contributed by atoms with van der Waals surface area (Å²) < 4.78 is 1.40. The van der Waals surface area contributed by atoms with Crippen molar-refractivity contribution in [1.29, 1.82) is 0 Å². The Morgan fingerprint density at radius 1 is 1.58 bits per heavy atom. The molecule has 0 spiro atoms. The van der Waals surface area contributed by atoms with Gasteiger partial charge in [0.25, 0.3) is 5.56 Å². The largest absolute Gasteiger partial charge is 0.381 e. The number of nitrogens with zero attached hydrogens (tertiary/aromatic N) is 2. The van der Waals surface area contributed by atoms with E-state index in [1.165, 1.54) is 16.2 Å². The van der Waals surface area contributed by atoms with Gasteiger partial charge < -0.3 is 5.32 Å². The second kappa shape index (κ2) is 6.90. The molecule has 0 radical (unpaired) electrons. The lowest BCUT2D eigenvalue weighted by atomic mass is 10.3. The van der Waals surface area contributed by atoms with Crippen LogP contribution in [0.1, 0.15) is 19.9 Å². The molecule has 0 aliphatic carbocycles. The Morgan fingerprint density at radius 3 is 3.00 bits per heavy atom. The minimum atomic E-state index is -0.229. The summed E-state index contributed by atoms with van der Waals surface area (Å²) in [5.41, 5.74) is 0.409. The van der Waals surface area contributed by atoms with Crippen molar-refractivity contribution in [2.75, 3.05) is 29.1 Å². The molecule has 0 saturated carbocycles.